The van der Waals surface area contributed by atoms with Gasteiger partial charge in [0.1, 0.15) is 10.8 Å². The molecule has 8 nitrogen and oxygen atoms in total. The lowest BCUT2D eigenvalue weighted by Gasteiger charge is -2.26. The number of pyridine rings is 1. The van der Waals surface area contributed by atoms with Gasteiger partial charge in [-0.1, -0.05) is 19.1 Å². The molecule has 3 rings (SSSR count). The number of halogens is 3. The van der Waals surface area contributed by atoms with E-state index in [4.69, 9.17) is 0 Å². The van der Waals surface area contributed by atoms with Crippen molar-refractivity contribution in [2.24, 2.45) is 16.9 Å². The zero-order valence-corrected chi connectivity index (χ0v) is 20.2. The van der Waals surface area contributed by atoms with E-state index in [-0.39, 0.29) is 34.5 Å². The number of alkyl halides is 3. The van der Waals surface area contributed by atoms with Gasteiger partial charge in [0.2, 0.25) is 5.91 Å². The van der Waals surface area contributed by atoms with Crippen molar-refractivity contribution in [2.75, 3.05) is 11.9 Å². The molecular weight excluding hydrogens is 481 g/mol. The zero-order valence-electron chi connectivity index (χ0n) is 19.4. The molecule has 12 heteroatoms. The highest BCUT2D eigenvalue weighted by Crippen LogP contribution is 2.40. The fourth-order valence-electron chi connectivity index (χ4n) is 4.02. The van der Waals surface area contributed by atoms with Crippen molar-refractivity contribution < 1.29 is 22.8 Å². The average molecular weight is 509 g/mol. The van der Waals surface area contributed by atoms with Crippen LogP contribution < -0.4 is 16.1 Å². The van der Waals surface area contributed by atoms with E-state index in [1.807, 2.05) is 12.2 Å². The maximum absolute atomic E-state index is 13.3. The van der Waals surface area contributed by atoms with E-state index < -0.39 is 17.9 Å². The van der Waals surface area contributed by atoms with Gasteiger partial charge in [-0.2, -0.15) is 18.3 Å². The van der Waals surface area contributed by atoms with Crippen molar-refractivity contribution in [3.8, 4) is 10.6 Å². The number of amides is 3. The highest BCUT2D eigenvalue weighted by atomic mass is 32.1. The van der Waals surface area contributed by atoms with Gasteiger partial charge in [0.15, 0.2) is 5.69 Å². The van der Waals surface area contributed by atoms with Crippen molar-refractivity contribution in [1.82, 2.24) is 20.7 Å². The standard InChI is InChI=1S/C23H27F3N6O2S/c1-4-28-22(34)31-19-10-16(21-30-18(12-35-21)23(24,25)26)17(11-29-19)14-7-5-6-13(2)8-15(9-14)20(33)32-27-3/h5,7,10-15H,3-4,6,8-9H2,1-2H3,(H,32,33)(H2,28,29,31,34). The third kappa shape index (κ3) is 6.87. The normalized spacial score (nSPS) is 20.4. The lowest BCUT2D eigenvalue weighted by Crippen LogP contribution is -2.30. The first-order valence-corrected chi connectivity index (χ1v) is 12.0. The fourth-order valence-corrected chi connectivity index (χ4v) is 4.88. The van der Waals surface area contributed by atoms with Crippen LogP contribution in [-0.4, -0.2) is 35.2 Å². The number of anilines is 1. The molecule has 1 aliphatic rings. The van der Waals surface area contributed by atoms with Crippen LogP contribution in [0.5, 0.6) is 0 Å². The van der Waals surface area contributed by atoms with Gasteiger partial charge in [0.05, 0.1) is 0 Å². The van der Waals surface area contributed by atoms with Gasteiger partial charge < -0.3 is 5.32 Å². The van der Waals surface area contributed by atoms with Crippen molar-refractivity contribution in [3.05, 3.63) is 41.1 Å². The Bertz CT molecular complexity index is 1100. The topological polar surface area (TPSA) is 108 Å². The Labute approximate surface area is 205 Å². The summed E-state index contributed by atoms with van der Waals surface area (Å²) in [7, 11) is 0. The van der Waals surface area contributed by atoms with Gasteiger partial charge in [-0.25, -0.2) is 20.2 Å². The minimum absolute atomic E-state index is 0.145. The summed E-state index contributed by atoms with van der Waals surface area (Å²) in [5.41, 5.74) is 2.45. The molecule has 3 N–H and O–H groups in total. The van der Waals surface area contributed by atoms with Gasteiger partial charge >= 0.3 is 12.2 Å². The number of nitrogens with one attached hydrogen (secondary N) is 3. The smallest absolute Gasteiger partial charge is 0.338 e. The number of hydrazone groups is 1. The number of thiazole rings is 1. The Morgan fingerprint density at radius 1 is 1.31 bits per heavy atom. The summed E-state index contributed by atoms with van der Waals surface area (Å²) < 4.78 is 39.8. The molecule has 188 valence electrons. The Balaban J connectivity index is 2.06. The van der Waals surface area contributed by atoms with Crippen LogP contribution >= 0.6 is 11.3 Å². The molecule has 0 saturated heterocycles. The number of rotatable bonds is 6. The second-order valence-corrected chi connectivity index (χ2v) is 9.21. The summed E-state index contributed by atoms with van der Waals surface area (Å²) in [5.74, 6) is -0.519. The third-order valence-electron chi connectivity index (χ3n) is 5.63. The SMILES string of the molecule is C=NNC(=O)C1CC(C)CC=CC(c2cnc(NC(=O)NCC)cc2-c2nc(C(F)(F)F)cs2)C1. The van der Waals surface area contributed by atoms with E-state index in [1.165, 1.54) is 12.3 Å². The number of carbonyl (C=O) groups is 2. The van der Waals surface area contributed by atoms with E-state index in [0.29, 0.717) is 30.5 Å². The van der Waals surface area contributed by atoms with Gasteiger partial charge in [-0.15, -0.1) is 11.3 Å². The van der Waals surface area contributed by atoms with Crippen LogP contribution in [0.1, 0.15) is 50.3 Å². The molecule has 3 amide bonds. The van der Waals surface area contributed by atoms with Crippen LogP contribution in [0, 0.1) is 11.8 Å². The molecule has 2 heterocycles. The lowest BCUT2D eigenvalue weighted by molar-refractivity contribution is -0.140. The third-order valence-corrected chi connectivity index (χ3v) is 6.51. The molecule has 0 saturated carbocycles. The first-order chi connectivity index (χ1) is 16.6. The van der Waals surface area contributed by atoms with Crippen LogP contribution in [0.25, 0.3) is 10.6 Å². The number of carbonyl (C=O) groups excluding carboxylic acids is 2. The van der Waals surface area contributed by atoms with E-state index in [2.05, 4.69) is 44.8 Å². The maximum Gasteiger partial charge on any atom is 0.434 e. The van der Waals surface area contributed by atoms with E-state index >= 15 is 0 Å². The van der Waals surface area contributed by atoms with Crippen LogP contribution in [0.4, 0.5) is 23.8 Å². The van der Waals surface area contributed by atoms with Crippen LogP contribution in [0.15, 0.2) is 34.9 Å². The molecule has 3 unspecified atom stereocenters. The van der Waals surface area contributed by atoms with Crippen LogP contribution in [0.2, 0.25) is 0 Å². The first kappa shape index (κ1) is 26.3. The Morgan fingerprint density at radius 3 is 2.74 bits per heavy atom. The monoisotopic (exact) mass is 508 g/mol. The molecule has 2 aromatic heterocycles. The quantitative estimate of drug-likeness (QED) is 0.284. The number of hydrogen-bond acceptors (Lipinski definition) is 6. The predicted octanol–water partition coefficient (Wildman–Crippen LogP) is 5.17. The molecular formula is C23H27F3N6O2S. The summed E-state index contributed by atoms with van der Waals surface area (Å²) in [5, 5.41) is 9.76. The summed E-state index contributed by atoms with van der Waals surface area (Å²) in [6, 6.07) is 1.03. The van der Waals surface area contributed by atoms with Gasteiger partial charge in [-0.3, -0.25) is 10.1 Å². The fraction of sp³-hybridized carbons (Fsp3) is 0.435. The van der Waals surface area contributed by atoms with Crippen molar-refractivity contribution >= 4 is 35.8 Å². The first-order valence-electron chi connectivity index (χ1n) is 11.1. The van der Waals surface area contributed by atoms with Gasteiger partial charge in [-0.05, 0) is 43.7 Å². The minimum Gasteiger partial charge on any atom is -0.338 e. The Morgan fingerprint density at radius 2 is 2.09 bits per heavy atom. The molecule has 35 heavy (non-hydrogen) atoms. The van der Waals surface area contributed by atoms with Crippen LogP contribution in [-0.2, 0) is 11.0 Å². The van der Waals surface area contributed by atoms with Crippen molar-refractivity contribution in [3.63, 3.8) is 0 Å². The lowest BCUT2D eigenvalue weighted by atomic mass is 9.80. The predicted molar refractivity (Wildman–Crippen MR) is 129 cm³/mol. The number of nitrogens with zero attached hydrogens (tertiary/aromatic N) is 3. The molecule has 0 aromatic carbocycles. The molecule has 0 aliphatic heterocycles. The maximum atomic E-state index is 13.3. The number of allylic oxidation sites excluding steroid dienone is 2. The molecule has 0 fully saturated rings. The molecule has 1 aliphatic carbocycles. The second kappa shape index (κ2) is 11.4. The highest BCUT2D eigenvalue weighted by molar-refractivity contribution is 7.13. The van der Waals surface area contributed by atoms with Crippen molar-refractivity contribution in [2.45, 2.75) is 45.2 Å². The molecule has 3 atom stereocenters. The minimum atomic E-state index is -4.58. The van der Waals surface area contributed by atoms with Crippen LogP contribution in [0.3, 0.4) is 0 Å². The van der Waals surface area contributed by atoms with E-state index in [1.54, 1.807) is 6.92 Å². The molecule has 0 radical (unpaired) electrons. The van der Waals surface area contributed by atoms with E-state index in [9.17, 15) is 22.8 Å². The summed E-state index contributed by atoms with van der Waals surface area (Å²) >= 11 is 0.857. The molecule has 2 aromatic rings. The number of hydrogen-bond donors (Lipinski definition) is 3. The Kier molecular flexibility index (Phi) is 8.60. The summed E-state index contributed by atoms with van der Waals surface area (Å²) in [4.78, 5) is 32.7. The zero-order chi connectivity index (χ0) is 25.6. The average Bonchev–Trinajstić information content (AvgIpc) is 3.27. The Hall–Kier alpha value is -3.28. The van der Waals surface area contributed by atoms with Gasteiger partial charge in [0, 0.05) is 42.2 Å². The molecule has 0 spiro atoms. The molecule has 0 bridgehead atoms. The highest BCUT2D eigenvalue weighted by Gasteiger charge is 2.34. The van der Waals surface area contributed by atoms with Gasteiger partial charge in [0.25, 0.3) is 0 Å². The largest absolute Gasteiger partial charge is 0.434 e. The van der Waals surface area contributed by atoms with E-state index in [0.717, 1.165) is 23.1 Å². The summed E-state index contributed by atoms with van der Waals surface area (Å²) in [6.45, 7) is 7.51. The number of aromatic nitrogens is 2. The second-order valence-electron chi connectivity index (χ2n) is 8.35. The number of urea groups is 1. The van der Waals surface area contributed by atoms with Crippen molar-refractivity contribution in [1.29, 1.82) is 0 Å². The summed E-state index contributed by atoms with van der Waals surface area (Å²) in [6.07, 6.45) is 2.68.